The minimum absolute atomic E-state index is 0.0120. The molecule has 1 saturated heterocycles. The van der Waals surface area contributed by atoms with E-state index < -0.39 is 5.60 Å². The van der Waals surface area contributed by atoms with Crippen LogP contribution >= 0.6 is 0 Å². The Balaban J connectivity index is 2.00. The third kappa shape index (κ3) is 2.12. The standard InChI is InChI=1S/C25H42O3/c1-13-10-19-25(27,12-28-19)21-17(5)23(8)11-18(26)15(3)20(22(23,6)7)14(2)16(4)24(13,21)9/h13-14,16-19,21,26-27H,10-12H2,1-9H3. The number of hydrogen-bond donors (Lipinski definition) is 2. The lowest BCUT2D eigenvalue weighted by molar-refractivity contribution is -0.337. The molecule has 10 unspecified atom stereocenters. The SMILES string of the molecule is CC1=C2C(C)C(C)C3(C)C(C)CC4OCC4(O)C3C(C)C(C)(CC1O)C2(C)C. The van der Waals surface area contributed by atoms with Crippen LogP contribution in [0.3, 0.4) is 0 Å². The number of aliphatic hydroxyl groups is 2. The second-order valence-electron chi connectivity index (χ2n) is 12.0. The van der Waals surface area contributed by atoms with Gasteiger partial charge in [-0.25, -0.2) is 0 Å². The molecule has 2 saturated carbocycles. The molecule has 0 amide bonds. The summed E-state index contributed by atoms with van der Waals surface area (Å²) in [6.07, 6.45) is 1.33. The highest BCUT2D eigenvalue weighted by molar-refractivity contribution is 5.35. The number of ether oxygens (including phenoxy) is 1. The van der Waals surface area contributed by atoms with E-state index in [9.17, 15) is 10.2 Å². The predicted octanol–water partition coefficient (Wildman–Crippen LogP) is 4.81. The third-order valence-corrected chi connectivity index (χ3v) is 11.2. The van der Waals surface area contributed by atoms with Gasteiger partial charge in [0.15, 0.2) is 0 Å². The molecule has 1 aliphatic heterocycles. The van der Waals surface area contributed by atoms with Crippen molar-refractivity contribution in [1.29, 1.82) is 0 Å². The Kier molecular flexibility index (Phi) is 4.37. The Morgan fingerprint density at radius 3 is 2.14 bits per heavy atom. The highest BCUT2D eigenvalue weighted by Crippen LogP contribution is 2.71. The molecule has 28 heavy (non-hydrogen) atoms. The van der Waals surface area contributed by atoms with E-state index in [1.54, 1.807) is 0 Å². The van der Waals surface area contributed by atoms with Gasteiger partial charge in [0.1, 0.15) is 5.60 Å². The molecule has 1 heterocycles. The van der Waals surface area contributed by atoms with Crippen LogP contribution in [-0.2, 0) is 4.74 Å². The summed E-state index contributed by atoms with van der Waals surface area (Å²) in [7, 11) is 0. The fraction of sp³-hybridized carbons (Fsp3) is 0.920. The summed E-state index contributed by atoms with van der Waals surface area (Å²) in [4.78, 5) is 0. The number of aliphatic hydroxyl groups excluding tert-OH is 1. The van der Waals surface area contributed by atoms with Crippen molar-refractivity contribution >= 4 is 0 Å². The van der Waals surface area contributed by atoms with E-state index >= 15 is 0 Å². The smallest absolute Gasteiger partial charge is 0.118 e. The van der Waals surface area contributed by atoms with Crippen LogP contribution in [0.4, 0.5) is 0 Å². The average molecular weight is 391 g/mol. The number of fused-ring (bicyclic) bond motifs is 5. The van der Waals surface area contributed by atoms with Crippen LogP contribution in [0.2, 0.25) is 0 Å². The maximum atomic E-state index is 11.9. The van der Waals surface area contributed by atoms with Gasteiger partial charge >= 0.3 is 0 Å². The van der Waals surface area contributed by atoms with Crippen molar-refractivity contribution < 1.29 is 14.9 Å². The molecule has 3 aliphatic carbocycles. The van der Waals surface area contributed by atoms with Crippen molar-refractivity contribution in [3.8, 4) is 0 Å². The van der Waals surface area contributed by atoms with Gasteiger partial charge in [-0.3, -0.25) is 0 Å². The van der Waals surface area contributed by atoms with Crippen LogP contribution < -0.4 is 0 Å². The molecule has 2 bridgehead atoms. The number of rotatable bonds is 0. The van der Waals surface area contributed by atoms with Crippen LogP contribution in [0.1, 0.15) is 75.2 Å². The van der Waals surface area contributed by atoms with Gasteiger partial charge in [0.25, 0.3) is 0 Å². The molecular weight excluding hydrogens is 348 g/mol. The van der Waals surface area contributed by atoms with E-state index in [0.717, 1.165) is 12.8 Å². The molecule has 3 heteroatoms. The summed E-state index contributed by atoms with van der Waals surface area (Å²) in [5, 5.41) is 23.0. The third-order valence-electron chi connectivity index (χ3n) is 11.2. The van der Waals surface area contributed by atoms with E-state index in [-0.39, 0.29) is 34.4 Å². The fourth-order valence-electron chi connectivity index (χ4n) is 8.69. The minimum atomic E-state index is -0.730. The monoisotopic (exact) mass is 390 g/mol. The quantitative estimate of drug-likeness (QED) is 0.583. The highest BCUT2D eigenvalue weighted by Gasteiger charge is 2.71. The maximum absolute atomic E-state index is 11.9. The zero-order chi connectivity index (χ0) is 21.0. The first-order valence-corrected chi connectivity index (χ1v) is 11.5. The molecule has 3 fully saturated rings. The fourth-order valence-corrected chi connectivity index (χ4v) is 8.69. The maximum Gasteiger partial charge on any atom is 0.118 e. The molecule has 0 aromatic heterocycles. The second kappa shape index (κ2) is 5.86. The topological polar surface area (TPSA) is 49.7 Å². The van der Waals surface area contributed by atoms with Gasteiger partial charge in [-0.1, -0.05) is 61.0 Å². The zero-order valence-electron chi connectivity index (χ0n) is 19.5. The van der Waals surface area contributed by atoms with Gasteiger partial charge in [0.05, 0.1) is 18.8 Å². The van der Waals surface area contributed by atoms with Gasteiger partial charge in [-0.2, -0.15) is 0 Å². The first kappa shape index (κ1) is 20.9. The normalized spacial score (nSPS) is 58.2. The molecular formula is C25H42O3. The van der Waals surface area contributed by atoms with Crippen molar-refractivity contribution in [3.05, 3.63) is 11.1 Å². The lowest BCUT2D eigenvalue weighted by Gasteiger charge is -2.71. The first-order valence-electron chi connectivity index (χ1n) is 11.5. The van der Waals surface area contributed by atoms with Crippen molar-refractivity contribution in [3.63, 3.8) is 0 Å². The first-order chi connectivity index (χ1) is 12.7. The van der Waals surface area contributed by atoms with Gasteiger partial charge in [0, 0.05) is 5.92 Å². The van der Waals surface area contributed by atoms with Crippen molar-refractivity contribution in [2.75, 3.05) is 6.61 Å². The van der Waals surface area contributed by atoms with Crippen LogP contribution in [0.15, 0.2) is 11.1 Å². The largest absolute Gasteiger partial charge is 0.389 e. The van der Waals surface area contributed by atoms with Crippen LogP contribution in [0.25, 0.3) is 0 Å². The summed E-state index contributed by atoms with van der Waals surface area (Å²) in [6.45, 7) is 21.8. The van der Waals surface area contributed by atoms with Crippen LogP contribution in [0.5, 0.6) is 0 Å². The Morgan fingerprint density at radius 1 is 1.00 bits per heavy atom. The Labute approximate surface area is 171 Å². The molecule has 4 aliphatic rings. The molecule has 4 rings (SSSR count). The Hall–Kier alpha value is -0.380. The molecule has 2 N–H and O–H groups in total. The van der Waals surface area contributed by atoms with Crippen LogP contribution in [0, 0.1) is 45.8 Å². The molecule has 0 spiro atoms. The number of hydrogen-bond acceptors (Lipinski definition) is 3. The van der Waals surface area contributed by atoms with Gasteiger partial charge < -0.3 is 14.9 Å². The van der Waals surface area contributed by atoms with Gasteiger partial charge in [-0.15, -0.1) is 0 Å². The zero-order valence-corrected chi connectivity index (χ0v) is 19.5. The van der Waals surface area contributed by atoms with Gasteiger partial charge in [0.2, 0.25) is 0 Å². The molecule has 0 aromatic rings. The van der Waals surface area contributed by atoms with Crippen molar-refractivity contribution in [2.45, 2.75) is 93.0 Å². The minimum Gasteiger partial charge on any atom is -0.389 e. The van der Waals surface area contributed by atoms with E-state index in [0.29, 0.717) is 30.3 Å². The lowest BCUT2D eigenvalue weighted by atomic mass is 9.37. The van der Waals surface area contributed by atoms with Crippen molar-refractivity contribution in [1.82, 2.24) is 0 Å². The van der Waals surface area contributed by atoms with E-state index in [2.05, 4.69) is 62.3 Å². The lowest BCUT2D eigenvalue weighted by Crippen LogP contribution is -2.75. The molecule has 3 nitrogen and oxygen atoms in total. The summed E-state index contributed by atoms with van der Waals surface area (Å²) >= 11 is 0. The highest BCUT2D eigenvalue weighted by atomic mass is 16.6. The molecule has 160 valence electrons. The van der Waals surface area contributed by atoms with Gasteiger partial charge in [-0.05, 0) is 65.3 Å². The van der Waals surface area contributed by atoms with E-state index in [1.807, 2.05) is 0 Å². The summed E-state index contributed by atoms with van der Waals surface area (Å²) in [5.41, 5.74) is 1.89. The summed E-state index contributed by atoms with van der Waals surface area (Å²) in [6, 6.07) is 0. The summed E-state index contributed by atoms with van der Waals surface area (Å²) in [5.74, 6) is 1.78. The average Bonchev–Trinajstić information content (AvgIpc) is 2.60. The molecule has 10 atom stereocenters. The number of allylic oxidation sites excluding steroid dienone is 1. The Bertz CT molecular complexity index is 711. The summed E-state index contributed by atoms with van der Waals surface area (Å²) < 4.78 is 5.90. The second-order valence-corrected chi connectivity index (χ2v) is 12.0. The predicted molar refractivity (Wildman–Crippen MR) is 113 cm³/mol. The molecule has 0 radical (unpaired) electrons. The van der Waals surface area contributed by atoms with E-state index in [4.69, 9.17) is 4.74 Å². The van der Waals surface area contributed by atoms with Crippen LogP contribution in [-0.4, -0.2) is 34.6 Å². The Morgan fingerprint density at radius 2 is 1.61 bits per heavy atom. The molecule has 0 aromatic carbocycles. The van der Waals surface area contributed by atoms with Crippen molar-refractivity contribution in [2.24, 2.45) is 45.8 Å². The van der Waals surface area contributed by atoms with E-state index in [1.165, 1.54) is 11.1 Å².